The summed E-state index contributed by atoms with van der Waals surface area (Å²) in [5, 5.41) is 7.09. The zero-order chi connectivity index (χ0) is 34.1. The highest BCUT2D eigenvalue weighted by Gasteiger charge is 2.35. The number of nitrogens with zero attached hydrogens (tertiary/aromatic N) is 3. The Morgan fingerprint density at radius 1 is 0.333 bits per heavy atom. The second kappa shape index (κ2) is 11.3. The number of fused-ring (bicyclic) bond motifs is 6. The standard InChI is InChI=1S/C48H33N3/c1-48(2)43-20-8-7-17-40(43)42-29-36(25-26-44(42)48)46-49-45(50-47(51-46)41-19-10-14-31-12-4-6-16-38(31)41)35-24-22-32-27-34(23-21-33(32)28-35)39-18-9-13-30-11-3-5-15-37(30)39/h3-29H,1-2H3. The van der Waals surface area contributed by atoms with Gasteiger partial charge < -0.3 is 0 Å². The van der Waals surface area contributed by atoms with Crippen LogP contribution >= 0.6 is 0 Å². The maximum absolute atomic E-state index is 5.18. The maximum Gasteiger partial charge on any atom is 0.164 e. The molecule has 0 saturated carbocycles. The molecule has 0 unspecified atom stereocenters. The average Bonchev–Trinajstić information content (AvgIpc) is 3.42. The van der Waals surface area contributed by atoms with Crippen LogP contribution in [0.2, 0.25) is 0 Å². The first kappa shape index (κ1) is 29.5. The second-order valence-corrected chi connectivity index (χ2v) is 14.1. The molecule has 10 rings (SSSR count). The molecule has 0 spiro atoms. The predicted octanol–water partition coefficient (Wildman–Crippen LogP) is 12.3. The number of hydrogen-bond donors (Lipinski definition) is 0. The van der Waals surface area contributed by atoms with Crippen LogP contribution in [0.3, 0.4) is 0 Å². The van der Waals surface area contributed by atoms with Crippen LogP contribution in [0.25, 0.3) is 88.7 Å². The van der Waals surface area contributed by atoms with E-state index in [1.54, 1.807) is 0 Å². The molecule has 240 valence electrons. The summed E-state index contributed by atoms with van der Waals surface area (Å²) in [4.78, 5) is 15.5. The zero-order valence-corrected chi connectivity index (χ0v) is 28.4. The van der Waals surface area contributed by atoms with E-state index in [1.165, 1.54) is 49.5 Å². The first-order valence-corrected chi connectivity index (χ1v) is 17.5. The molecule has 0 amide bonds. The van der Waals surface area contributed by atoms with E-state index in [-0.39, 0.29) is 5.41 Å². The van der Waals surface area contributed by atoms with Gasteiger partial charge in [0, 0.05) is 22.1 Å². The normalized spacial score (nSPS) is 13.1. The van der Waals surface area contributed by atoms with Crippen LogP contribution in [0.15, 0.2) is 164 Å². The van der Waals surface area contributed by atoms with Gasteiger partial charge in [0.1, 0.15) is 0 Å². The monoisotopic (exact) mass is 651 g/mol. The molecular formula is C48H33N3. The van der Waals surface area contributed by atoms with Gasteiger partial charge in [0.25, 0.3) is 0 Å². The molecule has 0 bridgehead atoms. The molecule has 3 heteroatoms. The van der Waals surface area contributed by atoms with Gasteiger partial charge in [-0.1, -0.05) is 159 Å². The van der Waals surface area contributed by atoms with Crippen molar-refractivity contribution in [3.63, 3.8) is 0 Å². The molecule has 0 fully saturated rings. The van der Waals surface area contributed by atoms with Gasteiger partial charge >= 0.3 is 0 Å². The fraction of sp³-hybridized carbons (Fsp3) is 0.0625. The molecule has 8 aromatic carbocycles. The van der Waals surface area contributed by atoms with Gasteiger partial charge in [0.2, 0.25) is 0 Å². The van der Waals surface area contributed by atoms with Crippen molar-refractivity contribution in [1.82, 2.24) is 15.0 Å². The highest BCUT2D eigenvalue weighted by atomic mass is 15.0. The number of rotatable bonds is 4. The summed E-state index contributed by atoms with van der Waals surface area (Å²) in [5.74, 6) is 1.99. The second-order valence-electron chi connectivity index (χ2n) is 14.1. The first-order valence-electron chi connectivity index (χ1n) is 17.5. The highest BCUT2D eigenvalue weighted by Crippen LogP contribution is 2.49. The van der Waals surface area contributed by atoms with Crippen molar-refractivity contribution in [1.29, 1.82) is 0 Å². The fourth-order valence-corrected chi connectivity index (χ4v) is 8.06. The van der Waals surface area contributed by atoms with Gasteiger partial charge in [-0.25, -0.2) is 15.0 Å². The first-order chi connectivity index (χ1) is 25.0. The average molecular weight is 652 g/mol. The van der Waals surface area contributed by atoms with Crippen molar-refractivity contribution in [2.45, 2.75) is 19.3 Å². The molecule has 0 saturated heterocycles. The van der Waals surface area contributed by atoms with Crippen molar-refractivity contribution in [2.75, 3.05) is 0 Å². The van der Waals surface area contributed by atoms with Crippen LogP contribution in [0.5, 0.6) is 0 Å². The third kappa shape index (κ3) is 4.77. The van der Waals surface area contributed by atoms with E-state index in [2.05, 4.69) is 178 Å². The zero-order valence-electron chi connectivity index (χ0n) is 28.4. The van der Waals surface area contributed by atoms with E-state index in [1.807, 2.05) is 0 Å². The lowest BCUT2D eigenvalue weighted by atomic mass is 9.82. The fourth-order valence-electron chi connectivity index (χ4n) is 8.06. The number of benzene rings is 8. The van der Waals surface area contributed by atoms with Crippen LogP contribution in [-0.2, 0) is 5.41 Å². The lowest BCUT2D eigenvalue weighted by Crippen LogP contribution is -2.14. The van der Waals surface area contributed by atoms with Crippen LogP contribution < -0.4 is 0 Å². The van der Waals surface area contributed by atoms with Crippen LogP contribution in [0.4, 0.5) is 0 Å². The van der Waals surface area contributed by atoms with Crippen molar-refractivity contribution in [3.8, 4) is 56.4 Å². The largest absolute Gasteiger partial charge is 0.208 e. The molecule has 3 nitrogen and oxygen atoms in total. The summed E-state index contributed by atoms with van der Waals surface area (Å²) in [6, 6.07) is 58.5. The van der Waals surface area contributed by atoms with Gasteiger partial charge in [0.15, 0.2) is 17.5 Å². The lowest BCUT2D eigenvalue weighted by Gasteiger charge is -2.21. The summed E-state index contributed by atoms with van der Waals surface area (Å²) in [6.45, 7) is 4.61. The molecule has 51 heavy (non-hydrogen) atoms. The van der Waals surface area contributed by atoms with E-state index in [0.29, 0.717) is 17.5 Å². The van der Waals surface area contributed by atoms with E-state index in [0.717, 1.165) is 32.8 Å². The number of hydrogen-bond acceptors (Lipinski definition) is 3. The minimum Gasteiger partial charge on any atom is -0.208 e. The van der Waals surface area contributed by atoms with Gasteiger partial charge in [-0.15, -0.1) is 0 Å². The molecule has 9 aromatic rings. The minimum absolute atomic E-state index is 0.0681. The SMILES string of the molecule is CC1(C)c2ccccc2-c2cc(-c3nc(-c4ccc5cc(-c6cccc7ccccc67)ccc5c4)nc(-c4cccc5ccccc45)n3)ccc21. The van der Waals surface area contributed by atoms with Crippen LogP contribution in [-0.4, -0.2) is 15.0 Å². The van der Waals surface area contributed by atoms with E-state index >= 15 is 0 Å². The number of aromatic nitrogens is 3. The van der Waals surface area contributed by atoms with E-state index < -0.39 is 0 Å². The van der Waals surface area contributed by atoms with Gasteiger partial charge in [0.05, 0.1) is 0 Å². The summed E-state index contributed by atoms with van der Waals surface area (Å²) in [5.41, 5.74) is 10.5. The summed E-state index contributed by atoms with van der Waals surface area (Å²) < 4.78 is 0. The molecule has 0 radical (unpaired) electrons. The van der Waals surface area contributed by atoms with Gasteiger partial charge in [-0.3, -0.25) is 0 Å². The predicted molar refractivity (Wildman–Crippen MR) is 212 cm³/mol. The molecule has 1 heterocycles. The van der Waals surface area contributed by atoms with Crippen molar-refractivity contribution < 1.29 is 0 Å². The quantitative estimate of drug-likeness (QED) is 0.190. The molecule has 0 N–H and O–H groups in total. The molecule has 1 aliphatic carbocycles. The summed E-state index contributed by atoms with van der Waals surface area (Å²) in [7, 11) is 0. The van der Waals surface area contributed by atoms with Crippen LogP contribution in [0, 0.1) is 0 Å². The van der Waals surface area contributed by atoms with Crippen molar-refractivity contribution in [2.24, 2.45) is 0 Å². The molecule has 0 aliphatic heterocycles. The highest BCUT2D eigenvalue weighted by molar-refractivity contribution is 6.00. The van der Waals surface area contributed by atoms with Crippen LogP contribution in [0.1, 0.15) is 25.0 Å². The van der Waals surface area contributed by atoms with E-state index in [9.17, 15) is 0 Å². The Balaban J connectivity index is 1.13. The minimum atomic E-state index is -0.0681. The molecule has 1 aliphatic rings. The third-order valence-electron chi connectivity index (χ3n) is 10.7. The Bertz CT molecular complexity index is 2840. The lowest BCUT2D eigenvalue weighted by molar-refractivity contribution is 0.660. The molecule has 1 aromatic heterocycles. The van der Waals surface area contributed by atoms with Crippen molar-refractivity contribution >= 4 is 32.3 Å². The third-order valence-corrected chi connectivity index (χ3v) is 10.7. The smallest absolute Gasteiger partial charge is 0.164 e. The molecule has 0 atom stereocenters. The Hall–Kier alpha value is -6.45. The summed E-state index contributed by atoms with van der Waals surface area (Å²) in [6.07, 6.45) is 0. The van der Waals surface area contributed by atoms with Gasteiger partial charge in [-0.2, -0.15) is 0 Å². The molecular weight excluding hydrogens is 619 g/mol. The maximum atomic E-state index is 5.18. The Morgan fingerprint density at radius 2 is 0.824 bits per heavy atom. The topological polar surface area (TPSA) is 38.7 Å². The Kier molecular flexibility index (Phi) is 6.53. The summed E-state index contributed by atoms with van der Waals surface area (Å²) >= 11 is 0. The van der Waals surface area contributed by atoms with Crippen molar-refractivity contribution in [3.05, 3.63) is 175 Å². The van der Waals surface area contributed by atoms with E-state index in [4.69, 9.17) is 15.0 Å². The Labute approximate surface area is 297 Å². The van der Waals surface area contributed by atoms with Gasteiger partial charge in [-0.05, 0) is 83.9 Å². The Morgan fingerprint density at radius 3 is 1.57 bits per heavy atom.